The molecule has 2 rings (SSSR count). The second-order valence-corrected chi connectivity index (χ2v) is 7.57. The first kappa shape index (κ1) is 19.9. The first-order valence-electron chi connectivity index (χ1n) is 10.5. The summed E-state index contributed by atoms with van der Waals surface area (Å²) in [6.07, 6.45) is 24.8. The summed E-state index contributed by atoms with van der Waals surface area (Å²) in [7, 11) is 0. The maximum absolute atomic E-state index is 9.02. The van der Waals surface area contributed by atoms with Crippen LogP contribution in [0.3, 0.4) is 0 Å². The minimum absolute atomic E-state index is 0.0316. The van der Waals surface area contributed by atoms with Gasteiger partial charge < -0.3 is 14.6 Å². The topological polar surface area (TPSA) is 45.3 Å². The largest absolute Gasteiger partial charge is 0.391 e. The average molecular weight is 339 g/mol. The van der Waals surface area contributed by atoms with E-state index in [4.69, 9.17) is 14.6 Å². The lowest BCUT2D eigenvalue weighted by molar-refractivity contribution is -0.0957. The van der Waals surface area contributed by atoms with Crippen molar-refractivity contribution in [2.45, 2.75) is 115 Å². The van der Waals surface area contributed by atoms with Crippen LogP contribution in [0.25, 0.3) is 0 Å². The first-order chi connectivity index (χ1) is 11.8. The highest BCUT2D eigenvalue weighted by Gasteiger charge is 2.89. The van der Waals surface area contributed by atoms with Crippen molar-refractivity contribution >= 4 is 0 Å². The van der Waals surface area contributed by atoms with Gasteiger partial charge in [-0.05, 0) is 18.9 Å². The molecule has 0 spiro atoms. The van der Waals surface area contributed by atoms with Crippen LogP contribution >= 0.6 is 0 Å². The van der Waals surface area contributed by atoms with Crippen LogP contribution in [0, 0.1) is 0 Å². The predicted molar refractivity (Wildman–Crippen MR) is 98.8 cm³/mol. The summed E-state index contributed by atoms with van der Waals surface area (Å²) in [5.41, 5.74) is 0. The number of hydrogen-bond acceptors (Lipinski definition) is 3. The number of hydrogen-bond donors (Lipinski definition) is 1. The van der Waals surface area contributed by atoms with Crippen LogP contribution in [-0.2, 0) is 9.47 Å². The molecule has 3 nitrogen and oxygen atoms in total. The van der Waals surface area contributed by atoms with Crippen molar-refractivity contribution in [3.8, 4) is 0 Å². The molecule has 24 heavy (non-hydrogen) atoms. The molecular weight excluding hydrogens is 300 g/mol. The first-order valence-corrected chi connectivity index (χ1v) is 10.5. The Balaban J connectivity index is 1.25. The number of aliphatic hydroxyl groups excluding tert-OH is 1. The van der Waals surface area contributed by atoms with E-state index in [1.54, 1.807) is 0 Å². The molecule has 2 saturated heterocycles. The Bertz CT molecular complexity index is 358. The van der Waals surface area contributed by atoms with E-state index in [2.05, 4.69) is 13.0 Å². The fraction of sp³-hybridized carbons (Fsp3) is 0.905. The van der Waals surface area contributed by atoms with E-state index in [1.807, 2.05) is 6.08 Å². The monoisotopic (exact) mass is 338 g/mol. The third-order valence-corrected chi connectivity index (χ3v) is 5.35. The van der Waals surface area contributed by atoms with Gasteiger partial charge in [0.15, 0.2) is 0 Å². The maximum atomic E-state index is 9.02. The van der Waals surface area contributed by atoms with Gasteiger partial charge in [0.25, 0.3) is 11.6 Å². The van der Waals surface area contributed by atoms with E-state index < -0.39 is 11.6 Å². The van der Waals surface area contributed by atoms with Crippen molar-refractivity contribution in [2.24, 2.45) is 0 Å². The molecular formula is C21H38O3. The quantitative estimate of drug-likeness (QED) is 0.205. The Morgan fingerprint density at radius 3 is 1.58 bits per heavy atom. The van der Waals surface area contributed by atoms with E-state index in [0.717, 1.165) is 6.42 Å². The van der Waals surface area contributed by atoms with E-state index in [9.17, 15) is 0 Å². The molecule has 0 atom stereocenters. The second kappa shape index (κ2) is 10.6. The lowest BCUT2D eigenvalue weighted by Gasteiger charge is -2.02. The highest BCUT2D eigenvalue weighted by Crippen LogP contribution is 2.67. The van der Waals surface area contributed by atoms with E-state index >= 15 is 0 Å². The fourth-order valence-electron chi connectivity index (χ4n) is 3.51. The lowest BCUT2D eigenvalue weighted by atomic mass is 10.0. The van der Waals surface area contributed by atoms with Gasteiger partial charge in [0.05, 0.1) is 0 Å². The normalized spacial score (nSPS) is 27.6. The third-order valence-electron chi connectivity index (χ3n) is 5.35. The summed E-state index contributed by atoms with van der Waals surface area (Å²) in [4.78, 5) is 0. The Morgan fingerprint density at radius 2 is 1.17 bits per heavy atom. The van der Waals surface area contributed by atoms with Crippen LogP contribution < -0.4 is 0 Å². The van der Waals surface area contributed by atoms with Gasteiger partial charge in [0.2, 0.25) is 0 Å². The van der Waals surface area contributed by atoms with Gasteiger partial charge in [0.1, 0.15) is 6.61 Å². The zero-order valence-electron chi connectivity index (χ0n) is 15.7. The van der Waals surface area contributed by atoms with E-state index in [-0.39, 0.29) is 6.61 Å². The Hall–Kier alpha value is -0.380. The smallest absolute Gasteiger partial charge is 0.257 e. The highest BCUT2D eigenvalue weighted by atomic mass is 17.0. The standard InChI is InChI=1S/C21H38O3/c1-2-3-4-5-6-7-8-9-10-11-12-13-14-15-16-17-18-20-21(19-22,23-20)24-20/h17-18,22H,2-16,19H2,1H3/b18-17+. The van der Waals surface area contributed by atoms with E-state index in [0.29, 0.717) is 0 Å². The van der Waals surface area contributed by atoms with Crippen molar-refractivity contribution in [1.29, 1.82) is 0 Å². The molecule has 2 fully saturated rings. The molecule has 140 valence electrons. The number of epoxide rings is 2. The molecule has 2 heterocycles. The molecule has 0 unspecified atom stereocenters. The maximum Gasteiger partial charge on any atom is 0.257 e. The Morgan fingerprint density at radius 1 is 0.708 bits per heavy atom. The summed E-state index contributed by atoms with van der Waals surface area (Å²) in [5, 5.41) is 9.02. The fourth-order valence-corrected chi connectivity index (χ4v) is 3.51. The van der Waals surface area contributed by atoms with Crippen LogP contribution in [0.2, 0.25) is 0 Å². The van der Waals surface area contributed by atoms with Gasteiger partial charge in [-0.15, -0.1) is 0 Å². The molecule has 1 N–H and O–H groups in total. The van der Waals surface area contributed by atoms with Crippen molar-refractivity contribution in [3.05, 3.63) is 12.2 Å². The number of fused-ring (bicyclic) bond motifs is 1. The van der Waals surface area contributed by atoms with Crippen molar-refractivity contribution in [3.63, 3.8) is 0 Å². The number of rotatable bonds is 17. The van der Waals surface area contributed by atoms with Crippen LogP contribution in [0.1, 0.15) is 103 Å². The molecule has 0 amide bonds. The molecule has 2 aliphatic heterocycles. The van der Waals surface area contributed by atoms with Crippen molar-refractivity contribution in [1.82, 2.24) is 0 Å². The van der Waals surface area contributed by atoms with Gasteiger partial charge in [-0.1, -0.05) is 96.5 Å². The Labute approximate surface area is 148 Å². The zero-order chi connectivity index (χ0) is 17.1. The van der Waals surface area contributed by atoms with Crippen LogP contribution in [-0.4, -0.2) is 23.3 Å². The van der Waals surface area contributed by atoms with E-state index in [1.165, 1.54) is 89.9 Å². The SMILES string of the molecule is CCCCCCCCCCCCCCCC/C=C/C12OC1(CO)O2. The van der Waals surface area contributed by atoms with Gasteiger partial charge in [-0.2, -0.15) is 0 Å². The van der Waals surface area contributed by atoms with Gasteiger partial charge >= 0.3 is 0 Å². The number of aliphatic hydroxyl groups is 1. The van der Waals surface area contributed by atoms with Crippen LogP contribution in [0.5, 0.6) is 0 Å². The molecule has 0 aromatic heterocycles. The van der Waals surface area contributed by atoms with Crippen molar-refractivity contribution in [2.75, 3.05) is 6.61 Å². The molecule has 0 saturated carbocycles. The highest BCUT2D eigenvalue weighted by molar-refractivity contribution is 5.28. The van der Waals surface area contributed by atoms with Crippen LogP contribution in [0.15, 0.2) is 12.2 Å². The lowest BCUT2D eigenvalue weighted by Crippen LogP contribution is -2.03. The zero-order valence-corrected chi connectivity index (χ0v) is 15.7. The second-order valence-electron chi connectivity index (χ2n) is 7.57. The summed E-state index contributed by atoms with van der Waals surface area (Å²) in [5.74, 6) is -1.17. The minimum atomic E-state index is -0.640. The molecule has 0 bridgehead atoms. The summed E-state index contributed by atoms with van der Waals surface area (Å²) in [6, 6.07) is 0. The van der Waals surface area contributed by atoms with Gasteiger partial charge in [-0.25, -0.2) is 0 Å². The molecule has 0 aromatic rings. The summed E-state index contributed by atoms with van der Waals surface area (Å²) in [6.45, 7) is 2.25. The predicted octanol–water partition coefficient (Wildman–Crippen LogP) is 5.86. The Kier molecular flexibility index (Phi) is 8.79. The number of ether oxygens (including phenoxy) is 2. The molecule has 2 aliphatic rings. The van der Waals surface area contributed by atoms with Crippen LogP contribution in [0.4, 0.5) is 0 Å². The molecule has 0 aliphatic carbocycles. The molecule has 3 heteroatoms. The minimum Gasteiger partial charge on any atom is -0.391 e. The number of allylic oxidation sites excluding steroid dienone is 1. The van der Waals surface area contributed by atoms with Gasteiger partial charge in [-0.3, -0.25) is 0 Å². The average Bonchev–Trinajstić information content (AvgIpc) is 3.41. The summed E-state index contributed by atoms with van der Waals surface area (Å²) < 4.78 is 10.6. The molecule has 0 radical (unpaired) electrons. The molecule has 0 aromatic carbocycles. The summed E-state index contributed by atoms with van der Waals surface area (Å²) >= 11 is 0. The number of unbranched alkanes of at least 4 members (excludes halogenated alkanes) is 14. The van der Waals surface area contributed by atoms with Crippen molar-refractivity contribution < 1.29 is 14.6 Å². The third kappa shape index (κ3) is 6.16. The van der Waals surface area contributed by atoms with Gasteiger partial charge in [0, 0.05) is 0 Å².